The molecule has 3 N–H and O–H groups in total. The minimum atomic E-state index is -0.177. The molecule has 0 saturated carbocycles. The molecule has 0 aromatic heterocycles. The van der Waals surface area contributed by atoms with Crippen molar-refractivity contribution in [3.63, 3.8) is 0 Å². The molecule has 126 valence electrons. The van der Waals surface area contributed by atoms with Crippen LogP contribution in [0.4, 0.5) is 17.1 Å². The van der Waals surface area contributed by atoms with E-state index in [9.17, 15) is 9.59 Å². The number of benzene rings is 2. The molecule has 0 aliphatic carbocycles. The molecule has 5 nitrogen and oxygen atoms in total. The van der Waals surface area contributed by atoms with Crippen LogP contribution in [0.1, 0.15) is 18.9 Å². The van der Waals surface area contributed by atoms with Gasteiger partial charge in [-0.05, 0) is 42.8 Å². The molecule has 6 heteroatoms. The first-order valence-corrected chi connectivity index (χ1v) is 8.05. The summed E-state index contributed by atoms with van der Waals surface area (Å²) in [6, 6.07) is 12.6. The Morgan fingerprint density at radius 2 is 1.75 bits per heavy atom. The van der Waals surface area contributed by atoms with Crippen molar-refractivity contribution in [1.29, 1.82) is 0 Å². The second-order valence-corrected chi connectivity index (χ2v) is 5.78. The van der Waals surface area contributed by atoms with Gasteiger partial charge in [-0.1, -0.05) is 30.7 Å². The Kier molecular flexibility index (Phi) is 6.21. The van der Waals surface area contributed by atoms with Gasteiger partial charge in [-0.2, -0.15) is 0 Å². The molecular weight excluding hydrogens is 326 g/mol. The number of rotatable bonds is 6. The van der Waals surface area contributed by atoms with Crippen LogP contribution in [0, 0.1) is 6.92 Å². The number of amides is 2. The highest BCUT2D eigenvalue weighted by atomic mass is 35.5. The minimum absolute atomic E-state index is 0.0543. The smallest absolute Gasteiger partial charge is 0.243 e. The van der Waals surface area contributed by atoms with Crippen LogP contribution in [0.5, 0.6) is 0 Å². The van der Waals surface area contributed by atoms with Gasteiger partial charge in [0.25, 0.3) is 0 Å². The number of halogens is 1. The van der Waals surface area contributed by atoms with Crippen molar-refractivity contribution in [2.24, 2.45) is 0 Å². The molecule has 2 amide bonds. The van der Waals surface area contributed by atoms with E-state index in [4.69, 9.17) is 11.6 Å². The van der Waals surface area contributed by atoms with Gasteiger partial charge in [0.2, 0.25) is 11.8 Å². The predicted molar refractivity (Wildman–Crippen MR) is 98.7 cm³/mol. The molecule has 24 heavy (non-hydrogen) atoms. The highest BCUT2D eigenvalue weighted by molar-refractivity contribution is 6.31. The fourth-order valence-corrected chi connectivity index (χ4v) is 2.23. The molecule has 0 radical (unpaired) electrons. The van der Waals surface area contributed by atoms with Crippen molar-refractivity contribution >= 4 is 40.5 Å². The molecule has 0 heterocycles. The van der Waals surface area contributed by atoms with Gasteiger partial charge in [-0.25, -0.2) is 0 Å². The maximum Gasteiger partial charge on any atom is 0.243 e. The average molecular weight is 346 g/mol. The number of aryl methyl sites for hydroxylation is 1. The van der Waals surface area contributed by atoms with E-state index in [1.165, 1.54) is 0 Å². The Balaban J connectivity index is 1.93. The third-order valence-corrected chi connectivity index (χ3v) is 3.63. The second-order valence-electron chi connectivity index (χ2n) is 5.34. The molecule has 0 aliphatic heterocycles. The van der Waals surface area contributed by atoms with Crippen LogP contribution in [0.3, 0.4) is 0 Å². The average Bonchev–Trinajstić information content (AvgIpc) is 2.56. The van der Waals surface area contributed by atoms with Gasteiger partial charge in [0.1, 0.15) is 0 Å². The zero-order chi connectivity index (χ0) is 17.5. The van der Waals surface area contributed by atoms with Gasteiger partial charge in [0.05, 0.1) is 6.54 Å². The highest BCUT2D eigenvalue weighted by Gasteiger charge is 2.06. The van der Waals surface area contributed by atoms with Crippen LogP contribution < -0.4 is 16.0 Å². The monoisotopic (exact) mass is 345 g/mol. The Morgan fingerprint density at radius 1 is 1.00 bits per heavy atom. The van der Waals surface area contributed by atoms with Crippen molar-refractivity contribution in [1.82, 2.24) is 0 Å². The standard InChI is InChI=1S/C18H20ClN3O2/c1-3-17(23)21-15-6-4-5-14(10-15)20-11-18(24)22-16-9-13(19)8-7-12(16)2/h4-10,20H,3,11H2,1-2H3,(H,21,23)(H,22,24). The van der Waals surface area contributed by atoms with E-state index in [-0.39, 0.29) is 18.4 Å². The molecule has 2 aromatic rings. The third kappa shape index (κ3) is 5.28. The van der Waals surface area contributed by atoms with Crippen molar-refractivity contribution in [3.05, 3.63) is 53.1 Å². The van der Waals surface area contributed by atoms with Gasteiger partial charge in [0.15, 0.2) is 0 Å². The van der Waals surface area contributed by atoms with Gasteiger partial charge in [-0.15, -0.1) is 0 Å². The molecule has 0 fully saturated rings. The number of anilines is 3. The summed E-state index contributed by atoms with van der Waals surface area (Å²) in [5.74, 6) is -0.232. The van der Waals surface area contributed by atoms with E-state index in [0.29, 0.717) is 22.8 Å². The van der Waals surface area contributed by atoms with Crippen molar-refractivity contribution < 1.29 is 9.59 Å². The molecular formula is C18H20ClN3O2. The minimum Gasteiger partial charge on any atom is -0.376 e. The first kappa shape index (κ1) is 17.8. The largest absolute Gasteiger partial charge is 0.376 e. The van der Waals surface area contributed by atoms with Crippen LogP contribution in [-0.2, 0) is 9.59 Å². The molecule has 2 rings (SSSR count). The number of carbonyl (C=O) groups excluding carboxylic acids is 2. The third-order valence-electron chi connectivity index (χ3n) is 3.39. The summed E-state index contributed by atoms with van der Waals surface area (Å²) in [6.07, 6.45) is 0.416. The van der Waals surface area contributed by atoms with Crippen molar-refractivity contribution in [3.8, 4) is 0 Å². The Bertz CT molecular complexity index is 747. The molecule has 0 unspecified atom stereocenters. The normalized spacial score (nSPS) is 10.1. The Hall–Kier alpha value is -2.53. The van der Waals surface area contributed by atoms with Gasteiger partial charge in [0, 0.05) is 28.5 Å². The quantitative estimate of drug-likeness (QED) is 0.739. The fourth-order valence-electron chi connectivity index (χ4n) is 2.06. The van der Waals surface area contributed by atoms with E-state index in [0.717, 1.165) is 11.3 Å². The SMILES string of the molecule is CCC(=O)Nc1cccc(NCC(=O)Nc2cc(Cl)ccc2C)c1. The highest BCUT2D eigenvalue weighted by Crippen LogP contribution is 2.20. The lowest BCUT2D eigenvalue weighted by molar-refractivity contribution is -0.116. The molecule has 0 bridgehead atoms. The zero-order valence-electron chi connectivity index (χ0n) is 13.7. The lowest BCUT2D eigenvalue weighted by atomic mass is 10.2. The van der Waals surface area contributed by atoms with E-state index < -0.39 is 0 Å². The first-order chi connectivity index (χ1) is 11.5. The lowest BCUT2D eigenvalue weighted by Crippen LogP contribution is -2.22. The lowest BCUT2D eigenvalue weighted by Gasteiger charge is -2.11. The summed E-state index contributed by atoms with van der Waals surface area (Å²) in [5.41, 5.74) is 3.08. The van der Waals surface area contributed by atoms with Crippen LogP contribution in [0.2, 0.25) is 5.02 Å². The number of nitrogens with one attached hydrogen (secondary N) is 3. The molecule has 2 aromatic carbocycles. The second kappa shape index (κ2) is 8.36. The van der Waals surface area contributed by atoms with Crippen LogP contribution >= 0.6 is 11.6 Å². The maximum atomic E-state index is 12.1. The van der Waals surface area contributed by atoms with Gasteiger partial charge >= 0.3 is 0 Å². The maximum absolute atomic E-state index is 12.1. The summed E-state index contributed by atoms with van der Waals surface area (Å²) >= 11 is 5.94. The van der Waals surface area contributed by atoms with Gasteiger partial charge in [-0.3, -0.25) is 9.59 Å². The van der Waals surface area contributed by atoms with Crippen LogP contribution in [0.25, 0.3) is 0 Å². The van der Waals surface area contributed by atoms with Crippen LogP contribution in [-0.4, -0.2) is 18.4 Å². The first-order valence-electron chi connectivity index (χ1n) is 7.67. The number of hydrogen-bond donors (Lipinski definition) is 3. The Morgan fingerprint density at radius 3 is 2.50 bits per heavy atom. The zero-order valence-corrected chi connectivity index (χ0v) is 14.4. The van der Waals surface area contributed by atoms with Crippen molar-refractivity contribution in [2.45, 2.75) is 20.3 Å². The summed E-state index contributed by atoms with van der Waals surface area (Å²) in [5, 5.41) is 9.21. The summed E-state index contributed by atoms with van der Waals surface area (Å²) < 4.78 is 0. The summed E-state index contributed by atoms with van der Waals surface area (Å²) in [7, 11) is 0. The van der Waals surface area contributed by atoms with E-state index >= 15 is 0 Å². The van der Waals surface area contributed by atoms with Gasteiger partial charge < -0.3 is 16.0 Å². The molecule has 0 spiro atoms. The van der Waals surface area contributed by atoms with Crippen molar-refractivity contribution in [2.75, 3.05) is 22.5 Å². The van der Waals surface area contributed by atoms with E-state index in [1.54, 1.807) is 31.2 Å². The predicted octanol–water partition coefficient (Wildman–Crippen LogP) is 4.05. The number of carbonyl (C=O) groups is 2. The van der Waals surface area contributed by atoms with E-state index in [1.807, 2.05) is 25.1 Å². The van der Waals surface area contributed by atoms with E-state index in [2.05, 4.69) is 16.0 Å². The summed E-state index contributed by atoms with van der Waals surface area (Å²) in [4.78, 5) is 23.5. The van der Waals surface area contributed by atoms with Crippen LogP contribution in [0.15, 0.2) is 42.5 Å². The Labute approximate surface area is 146 Å². The molecule has 0 aliphatic rings. The number of hydrogen-bond acceptors (Lipinski definition) is 3. The molecule has 0 atom stereocenters. The topological polar surface area (TPSA) is 70.2 Å². The fraction of sp³-hybridized carbons (Fsp3) is 0.222. The molecule has 0 saturated heterocycles. The summed E-state index contributed by atoms with van der Waals surface area (Å²) in [6.45, 7) is 3.80.